The van der Waals surface area contributed by atoms with Crippen molar-refractivity contribution >= 4 is 44.2 Å². The number of aryl methyl sites for hydroxylation is 2. The number of carbonyl (C=O) groups is 2. The highest BCUT2D eigenvalue weighted by Crippen LogP contribution is 2.31. The van der Waals surface area contributed by atoms with Crippen LogP contribution in [0.3, 0.4) is 0 Å². The minimum absolute atomic E-state index is 0.0301. The van der Waals surface area contributed by atoms with E-state index in [1.54, 1.807) is 12.0 Å². The van der Waals surface area contributed by atoms with Crippen LogP contribution in [0.25, 0.3) is 10.2 Å². The van der Waals surface area contributed by atoms with Crippen LogP contribution in [0, 0.1) is 19.8 Å². The number of benzene rings is 2. The molecule has 1 N–H and O–H groups in total. The van der Waals surface area contributed by atoms with Crippen molar-refractivity contribution in [3.8, 4) is 5.75 Å². The minimum Gasteiger partial charge on any atom is -0.497 e. The van der Waals surface area contributed by atoms with Gasteiger partial charge < -0.3 is 15.0 Å². The molecule has 6 nitrogen and oxygen atoms in total. The molecule has 0 radical (unpaired) electrons. The molecule has 1 fully saturated rings. The number of hydrogen-bond acceptors (Lipinski definition) is 5. The van der Waals surface area contributed by atoms with Crippen molar-refractivity contribution in [1.29, 1.82) is 0 Å². The second-order valence-corrected chi connectivity index (χ2v) is 8.05. The number of amides is 2. The summed E-state index contributed by atoms with van der Waals surface area (Å²) in [6, 6.07) is 11.5. The van der Waals surface area contributed by atoms with Crippen LogP contribution < -0.4 is 15.0 Å². The number of rotatable bonds is 4. The second kappa shape index (κ2) is 7.24. The maximum atomic E-state index is 12.7. The van der Waals surface area contributed by atoms with E-state index < -0.39 is 5.92 Å². The molecule has 28 heavy (non-hydrogen) atoms. The summed E-state index contributed by atoms with van der Waals surface area (Å²) in [4.78, 5) is 31.3. The van der Waals surface area contributed by atoms with Gasteiger partial charge in [-0.25, -0.2) is 4.98 Å². The SMILES string of the molecule is COc1ccc2nc(NC(=O)[C@H]3CC(=O)N(c4ccc(C)c(C)c4)C3)sc2c1. The van der Waals surface area contributed by atoms with Crippen LogP contribution in [-0.4, -0.2) is 30.5 Å². The van der Waals surface area contributed by atoms with Crippen molar-refractivity contribution in [2.45, 2.75) is 20.3 Å². The molecule has 1 aliphatic rings. The maximum Gasteiger partial charge on any atom is 0.231 e. The van der Waals surface area contributed by atoms with Gasteiger partial charge in [0.1, 0.15) is 5.75 Å². The zero-order chi connectivity index (χ0) is 19.8. The first kappa shape index (κ1) is 18.4. The van der Waals surface area contributed by atoms with Crippen LogP contribution in [0.5, 0.6) is 5.75 Å². The molecule has 0 spiro atoms. The van der Waals surface area contributed by atoms with Crippen LogP contribution in [0.1, 0.15) is 17.5 Å². The Morgan fingerprint density at radius 3 is 2.79 bits per heavy atom. The number of aromatic nitrogens is 1. The molecule has 4 rings (SSSR count). The number of ether oxygens (including phenoxy) is 1. The number of nitrogens with zero attached hydrogens (tertiary/aromatic N) is 2. The van der Waals surface area contributed by atoms with Gasteiger partial charge in [-0.05, 0) is 55.3 Å². The molecular formula is C21H21N3O3S. The van der Waals surface area contributed by atoms with E-state index >= 15 is 0 Å². The summed E-state index contributed by atoms with van der Waals surface area (Å²) in [5, 5.41) is 3.41. The molecule has 2 aromatic carbocycles. The van der Waals surface area contributed by atoms with Crippen molar-refractivity contribution in [3.63, 3.8) is 0 Å². The largest absolute Gasteiger partial charge is 0.497 e. The summed E-state index contributed by atoms with van der Waals surface area (Å²) in [6.45, 7) is 4.44. The Morgan fingerprint density at radius 1 is 1.21 bits per heavy atom. The smallest absolute Gasteiger partial charge is 0.231 e. The van der Waals surface area contributed by atoms with Gasteiger partial charge in [-0.1, -0.05) is 17.4 Å². The highest BCUT2D eigenvalue weighted by Gasteiger charge is 2.35. The minimum atomic E-state index is -0.393. The van der Waals surface area contributed by atoms with E-state index in [9.17, 15) is 9.59 Å². The molecule has 2 amide bonds. The molecule has 7 heteroatoms. The molecule has 0 bridgehead atoms. The van der Waals surface area contributed by atoms with Crippen molar-refractivity contribution < 1.29 is 14.3 Å². The van der Waals surface area contributed by atoms with Crippen LogP contribution in [0.15, 0.2) is 36.4 Å². The third kappa shape index (κ3) is 3.45. The summed E-state index contributed by atoms with van der Waals surface area (Å²) in [5.74, 6) is 0.151. The quantitative estimate of drug-likeness (QED) is 0.727. The van der Waals surface area contributed by atoms with Crippen LogP contribution >= 0.6 is 11.3 Å². The van der Waals surface area contributed by atoms with Gasteiger partial charge in [0.2, 0.25) is 11.8 Å². The Kier molecular flexibility index (Phi) is 4.77. The number of thiazole rings is 1. The third-order valence-electron chi connectivity index (χ3n) is 5.12. The summed E-state index contributed by atoms with van der Waals surface area (Å²) >= 11 is 1.39. The van der Waals surface area contributed by atoms with Gasteiger partial charge in [0.25, 0.3) is 0 Å². The first-order chi connectivity index (χ1) is 13.4. The zero-order valence-corrected chi connectivity index (χ0v) is 16.8. The summed E-state index contributed by atoms with van der Waals surface area (Å²) in [6.07, 6.45) is 0.206. The van der Waals surface area contributed by atoms with E-state index in [0.717, 1.165) is 27.2 Å². The fraction of sp³-hybridized carbons (Fsp3) is 0.286. The predicted octanol–water partition coefficient (Wildman–Crippen LogP) is 3.91. The molecule has 3 aromatic rings. The van der Waals surface area contributed by atoms with Crippen molar-refractivity contribution in [1.82, 2.24) is 4.98 Å². The lowest BCUT2D eigenvalue weighted by Gasteiger charge is -2.17. The first-order valence-corrected chi connectivity index (χ1v) is 9.89. The summed E-state index contributed by atoms with van der Waals surface area (Å²) in [7, 11) is 1.61. The Labute approximate surface area is 167 Å². The average Bonchev–Trinajstić information content (AvgIpc) is 3.26. The molecule has 1 saturated heterocycles. The number of fused-ring (bicyclic) bond motifs is 1. The van der Waals surface area contributed by atoms with Crippen molar-refractivity contribution in [2.75, 3.05) is 23.9 Å². The van der Waals surface area contributed by atoms with Crippen molar-refractivity contribution in [2.24, 2.45) is 5.92 Å². The van der Waals surface area contributed by atoms with Gasteiger partial charge in [-0.15, -0.1) is 0 Å². The number of methoxy groups -OCH3 is 1. The van der Waals surface area contributed by atoms with E-state index in [-0.39, 0.29) is 18.2 Å². The Bertz CT molecular complexity index is 1080. The highest BCUT2D eigenvalue weighted by molar-refractivity contribution is 7.22. The summed E-state index contributed by atoms with van der Waals surface area (Å²) < 4.78 is 6.16. The molecule has 1 aromatic heterocycles. The first-order valence-electron chi connectivity index (χ1n) is 9.07. The Hall–Kier alpha value is -2.93. The third-order valence-corrected chi connectivity index (χ3v) is 6.06. The lowest BCUT2D eigenvalue weighted by molar-refractivity contribution is -0.122. The average molecular weight is 395 g/mol. The number of anilines is 2. The predicted molar refractivity (Wildman–Crippen MR) is 111 cm³/mol. The molecule has 0 aliphatic carbocycles. The standard InChI is InChI=1S/C21H21N3O3S/c1-12-4-5-15(8-13(12)2)24-11-14(9-19(24)25)20(26)23-21-22-17-7-6-16(27-3)10-18(17)28-21/h4-8,10,14H,9,11H2,1-3H3,(H,22,23,26)/t14-/m0/s1. The molecule has 2 heterocycles. The Morgan fingerprint density at radius 2 is 2.04 bits per heavy atom. The topological polar surface area (TPSA) is 71.5 Å². The molecule has 1 atom stereocenters. The van der Waals surface area contributed by atoms with Crippen LogP contribution in [-0.2, 0) is 9.59 Å². The van der Waals surface area contributed by atoms with Gasteiger partial charge in [-0.2, -0.15) is 0 Å². The monoisotopic (exact) mass is 395 g/mol. The zero-order valence-electron chi connectivity index (χ0n) is 16.0. The lowest BCUT2D eigenvalue weighted by atomic mass is 10.1. The molecule has 0 unspecified atom stereocenters. The number of nitrogens with one attached hydrogen (secondary N) is 1. The summed E-state index contributed by atoms with van der Waals surface area (Å²) in [5.41, 5.74) is 3.95. The van der Waals surface area contributed by atoms with Crippen LogP contribution in [0.2, 0.25) is 0 Å². The van der Waals surface area contributed by atoms with Crippen molar-refractivity contribution in [3.05, 3.63) is 47.5 Å². The normalized spacial score (nSPS) is 16.6. The molecule has 144 valence electrons. The van der Waals surface area contributed by atoms with E-state index in [2.05, 4.69) is 10.3 Å². The van der Waals surface area contributed by atoms with E-state index in [4.69, 9.17) is 4.74 Å². The second-order valence-electron chi connectivity index (χ2n) is 7.02. The van der Waals surface area contributed by atoms with Crippen LogP contribution in [0.4, 0.5) is 10.8 Å². The van der Waals surface area contributed by atoms with Gasteiger partial charge in [0.15, 0.2) is 5.13 Å². The van der Waals surface area contributed by atoms with E-state index in [1.807, 2.05) is 50.2 Å². The van der Waals surface area contributed by atoms with Gasteiger partial charge in [-0.3, -0.25) is 9.59 Å². The van der Waals surface area contributed by atoms with Gasteiger partial charge in [0.05, 0.1) is 23.2 Å². The molecule has 1 aliphatic heterocycles. The lowest BCUT2D eigenvalue weighted by Crippen LogP contribution is -2.28. The fourth-order valence-corrected chi connectivity index (χ4v) is 4.22. The van der Waals surface area contributed by atoms with Gasteiger partial charge in [0, 0.05) is 18.7 Å². The highest BCUT2D eigenvalue weighted by atomic mass is 32.1. The maximum absolute atomic E-state index is 12.7. The van der Waals surface area contributed by atoms with Gasteiger partial charge >= 0.3 is 0 Å². The molecular weight excluding hydrogens is 374 g/mol. The molecule has 0 saturated carbocycles. The van der Waals surface area contributed by atoms with E-state index in [1.165, 1.54) is 16.9 Å². The number of hydrogen-bond donors (Lipinski definition) is 1. The Balaban J connectivity index is 1.48. The fourth-order valence-electron chi connectivity index (χ4n) is 3.32. The number of carbonyl (C=O) groups excluding carboxylic acids is 2. The van der Waals surface area contributed by atoms with E-state index in [0.29, 0.717) is 11.7 Å².